The van der Waals surface area contributed by atoms with E-state index in [9.17, 15) is 5.11 Å². The molecule has 0 aromatic heterocycles. The van der Waals surface area contributed by atoms with Crippen LogP contribution in [0, 0.1) is 0 Å². The van der Waals surface area contributed by atoms with Crippen molar-refractivity contribution in [2.45, 2.75) is 62.8 Å². The number of aliphatic hydroxyl groups is 1. The Kier molecular flexibility index (Phi) is 6.69. The van der Waals surface area contributed by atoms with Crippen molar-refractivity contribution >= 4 is 11.8 Å². The molecule has 2 N–H and O–H groups in total. The highest BCUT2D eigenvalue weighted by Gasteiger charge is 2.23. The Balaban J connectivity index is 2.17. The fraction of sp³-hybridized carbons (Fsp3) is 1.00. The van der Waals surface area contributed by atoms with Crippen LogP contribution in [0.25, 0.3) is 0 Å². The summed E-state index contributed by atoms with van der Waals surface area (Å²) in [6.45, 7) is 3.01. The molecule has 0 aliphatic heterocycles. The normalized spacial score (nSPS) is 29.0. The highest BCUT2D eigenvalue weighted by Crippen LogP contribution is 2.27. The molecule has 0 bridgehead atoms. The van der Waals surface area contributed by atoms with Crippen molar-refractivity contribution in [3.8, 4) is 0 Å². The number of nitrogens with one attached hydrogen (secondary N) is 1. The average molecular weight is 231 g/mol. The van der Waals surface area contributed by atoms with Crippen LogP contribution >= 0.6 is 11.8 Å². The summed E-state index contributed by atoms with van der Waals surface area (Å²) in [5.74, 6) is 0. The fourth-order valence-corrected chi connectivity index (χ4v) is 3.22. The summed E-state index contributed by atoms with van der Waals surface area (Å²) < 4.78 is 0. The molecule has 90 valence electrons. The van der Waals surface area contributed by atoms with Gasteiger partial charge in [-0.15, -0.1) is 0 Å². The highest BCUT2D eigenvalue weighted by molar-refractivity contribution is 7.99. The molecule has 3 heteroatoms. The molecule has 15 heavy (non-hydrogen) atoms. The first-order valence-corrected chi connectivity index (χ1v) is 7.51. The minimum atomic E-state index is -0.117. The first-order chi connectivity index (χ1) is 7.27. The van der Waals surface area contributed by atoms with E-state index in [1.54, 1.807) is 0 Å². The van der Waals surface area contributed by atoms with Gasteiger partial charge < -0.3 is 10.4 Å². The molecular formula is C12H25NOS. The van der Waals surface area contributed by atoms with Gasteiger partial charge >= 0.3 is 0 Å². The van der Waals surface area contributed by atoms with Crippen LogP contribution in [0.5, 0.6) is 0 Å². The first-order valence-electron chi connectivity index (χ1n) is 6.22. The van der Waals surface area contributed by atoms with Gasteiger partial charge in [0.05, 0.1) is 6.10 Å². The van der Waals surface area contributed by atoms with Crippen LogP contribution in [-0.2, 0) is 0 Å². The summed E-state index contributed by atoms with van der Waals surface area (Å²) >= 11 is 1.99. The fourth-order valence-electron chi connectivity index (χ4n) is 2.25. The van der Waals surface area contributed by atoms with Gasteiger partial charge in [0.1, 0.15) is 0 Å². The Morgan fingerprint density at radius 1 is 1.40 bits per heavy atom. The van der Waals surface area contributed by atoms with Crippen molar-refractivity contribution in [1.29, 1.82) is 0 Å². The number of thioether (sulfide) groups is 1. The summed E-state index contributed by atoms with van der Waals surface area (Å²) in [6, 6.07) is 0.679. The van der Waals surface area contributed by atoms with Crippen LogP contribution in [-0.4, -0.2) is 35.3 Å². The molecule has 0 aromatic carbocycles. The van der Waals surface area contributed by atoms with Gasteiger partial charge in [0, 0.05) is 11.3 Å². The lowest BCUT2D eigenvalue weighted by Crippen LogP contribution is -2.41. The summed E-state index contributed by atoms with van der Waals surface area (Å²) in [7, 11) is 0. The number of hydrogen-bond donors (Lipinski definition) is 2. The van der Waals surface area contributed by atoms with Crippen LogP contribution in [0.3, 0.4) is 0 Å². The van der Waals surface area contributed by atoms with E-state index in [2.05, 4.69) is 11.6 Å². The predicted octanol–water partition coefficient (Wildman–Crippen LogP) is 2.41. The molecule has 1 aliphatic carbocycles. The lowest BCUT2D eigenvalue weighted by molar-refractivity contribution is 0.157. The first kappa shape index (κ1) is 13.3. The van der Waals surface area contributed by atoms with Crippen LogP contribution in [0.15, 0.2) is 0 Å². The molecule has 0 aromatic rings. The Morgan fingerprint density at radius 2 is 2.13 bits per heavy atom. The minimum Gasteiger partial charge on any atom is -0.393 e. The molecule has 0 radical (unpaired) electrons. The second kappa shape index (κ2) is 7.53. The zero-order valence-electron chi connectivity index (χ0n) is 10.0. The smallest absolute Gasteiger partial charge is 0.0549 e. The summed E-state index contributed by atoms with van der Waals surface area (Å²) in [5, 5.41) is 13.9. The molecule has 3 atom stereocenters. The minimum absolute atomic E-state index is 0.117. The van der Waals surface area contributed by atoms with Crippen molar-refractivity contribution < 1.29 is 5.11 Å². The van der Waals surface area contributed by atoms with Crippen LogP contribution in [0.2, 0.25) is 0 Å². The Morgan fingerprint density at radius 3 is 2.80 bits per heavy atom. The molecule has 1 saturated carbocycles. The third-order valence-electron chi connectivity index (χ3n) is 3.36. The van der Waals surface area contributed by atoms with E-state index in [0.717, 1.165) is 24.6 Å². The second-order valence-electron chi connectivity index (χ2n) is 4.47. The SMILES string of the molecule is CCC(O)CCNC1CCCCC1SC. The molecule has 0 saturated heterocycles. The van der Waals surface area contributed by atoms with Gasteiger partial charge in [0.25, 0.3) is 0 Å². The Bertz CT molecular complexity index is 166. The number of aliphatic hydroxyl groups excluding tert-OH is 1. The van der Waals surface area contributed by atoms with Crippen molar-refractivity contribution in [1.82, 2.24) is 5.32 Å². The Labute approximate surface area is 98.2 Å². The monoisotopic (exact) mass is 231 g/mol. The summed E-state index contributed by atoms with van der Waals surface area (Å²) in [5.41, 5.74) is 0. The van der Waals surface area contributed by atoms with E-state index in [1.807, 2.05) is 18.7 Å². The van der Waals surface area contributed by atoms with Crippen molar-refractivity contribution in [3.05, 3.63) is 0 Å². The predicted molar refractivity (Wildman–Crippen MR) is 68.5 cm³/mol. The van der Waals surface area contributed by atoms with E-state index >= 15 is 0 Å². The highest BCUT2D eigenvalue weighted by atomic mass is 32.2. The molecule has 0 heterocycles. The molecule has 0 amide bonds. The molecule has 1 aliphatic rings. The van der Waals surface area contributed by atoms with Gasteiger partial charge in [0.2, 0.25) is 0 Å². The van der Waals surface area contributed by atoms with Crippen LogP contribution in [0.4, 0.5) is 0 Å². The van der Waals surface area contributed by atoms with Gasteiger partial charge in [0.15, 0.2) is 0 Å². The summed E-state index contributed by atoms with van der Waals surface area (Å²) in [4.78, 5) is 0. The molecule has 2 nitrogen and oxygen atoms in total. The molecule has 3 unspecified atom stereocenters. The standard InChI is InChI=1S/C12H25NOS/c1-3-10(14)8-9-13-11-6-4-5-7-12(11)15-2/h10-14H,3-9H2,1-2H3. The van der Waals surface area contributed by atoms with Crippen molar-refractivity contribution in [3.63, 3.8) is 0 Å². The van der Waals surface area contributed by atoms with Crippen molar-refractivity contribution in [2.75, 3.05) is 12.8 Å². The number of hydrogen-bond acceptors (Lipinski definition) is 3. The lowest BCUT2D eigenvalue weighted by Gasteiger charge is -2.31. The van der Waals surface area contributed by atoms with Crippen LogP contribution in [0.1, 0.15) is 45.4 Å². The van der Waals surface area contributed by atoms with E-state index in [1.165, 1.54) is 25.7 Å². The van der Waals surface area contributed by atoms with E-state index in [4.69, 9.17) is 0 Å². The second-order valence-corrected chi connectivity index (χ2v) is 5.55. The summed E-state index contributed by atoms with van der Waals surface area (Å²) in [6.07, 6.45) is 9.29. The zero-order valence-corrected chi connectivity index (χ0v) is 10.9. The molecular weight excluding hydrogens is 206 g/mol. The third kappa shape index (κ3) is 4.75. The Hall–Kier alpha value is 0.270. The van der Waals surface area contributed by atoms with Gasteiger partial charge in [-0.25, -0.2) is 0 Å². The zero-order chi connectivity index (χ0) is 11.1. The number of rotatable bonds is 6. The maximum absolute atomic E-state index is 9.47. The van der Waals surface area contributed by atoms with E-state index in [0.29, 0.717) is 6.04 Å². The largest absolute Gasteiger partial charge is 0.393 e. The maximum atomic E-state index is 9.47. The molecule has 0 spiro atoms. The molecule has 1 rings (SSSR count). The average Bonchev–Trinajstić information content (AvgIpc) is 2.29. The maximum Gasteiger partial charge on any atom is 0.0549 e. The topological polar surface area (TPSA) is 32.3 Å². The van der Waals surface area contributed by atoms with Gasteiger partial charge in [-0.05, 0) is 38.5 Å². The van der Waals surface area contributed by atoms with Gasteiger partial charge in [-0.1, -0.05) is 19.8 Å². The third-order valence-corrected chi connectivity index (χ3v) is 4.53. The van der Waals surface area contributed by atoms with E-state index in [-0.39, 0.29) is 6.10 Å². The quantitative estimate of drug-likeness (QED) is 0.736. The van der Waals surface area contributed by atoms with Gasteiger partial charge in [-0.3, -0.25) is 0 Å². The lowest BCUT2D eigenvalue weighted by atomic mass is 9.94. The molecule has 1 fully saturated rings. The van der Waals surface area contributed by atoms with Crippen molar-refractivity contribution in [2.24, 2.45) is 0 Å². The van der Waals surface area contributed by atoms with E-state index < -0.39 is 0 Å². The van der Waals surface area contributed by atoms with Crippen LogP contribution < -0.4 is 5.32 Å². The van der Waals surface area contributed by atoms with Gasteiger partial charge in [-0.2, -0.15) is 11.8 Å².